The predicted octanol–water partition coefficient (Wildman–Crippen LogP) is 4.79. The Balaban J connectivity index is 1.40. The zero-order chi connectivity index (χ0) is 18.9. The number of fused-ring (bicyclic) bond motifs is 1. The van der Waals surface area contributed by atoms with Crippen LogP contribution < -0.4 is 0 Å². The minimum absolute atomic E-state index is 0.324. The van der Waals surface area contributed by atoms with Crippen LogP contribution in [0.15, 0.2) is 42.5 Å². The quantitative estimate of drug-likeness (QED) is 0.642. The normalized spacial score (nSPS) is 20.4. The fraction of sp³-hybridized carbons (Fsp3) is 0.458. The van der Waals surface area contributed by atoms with E-state index in [0.29, 0.717) is 6.10 Å². The van der Waals surface area contributed by atoms with Crippen molar-refractivity contribution < 1.29 is 4.74 Å². The number of aromatic nitrogens is 2. The van der Waals surface area contributed by atoms with E-state index in [-0.39, 0.29) is 0 Å². The molecule has 0 spiro atoms. The minimum Gasteiger partial charge on any atom is -0.376 e. The number of benzene rings is 2. The number of nitrogens with zero attached hydrogens (tertiary/aromatic N) is 3. The molecule has 4 nitrogen and oxygen atoms in total. The second kappa shape index (κ2) is 7.69. The molecule has 5 rings (SSSR count). The molecular formula is C24H29N3O. The summed E-state index contributed by atoms with van der Waals surface area (Å²) < 4.78 is 8.19. The van der Waals surface area contributed by atoms with Crippen LogP contribution in [0.2, 0.25) is 0 Å². The third-order valence-corrected chi connectivity index (χ3v) is 6.24. The van der Waals surface area contributed by atoms with Gasteiger partial charge in [-0.25, -0.2) is 4.98 Å². The number of rotatable bonds is 5. The maximum Gasteiger partial charge on any atom is 0.106 e. The van der Waals surface area contributed by atoms with Crippen LogP contribution >= 0.6 is 0 Å². The molecule has 2 saturated heterocycles. The highest BCUT2D eigenvalue weighted by Crippen LogP contribution is 2.27. The molecule has 4 heteroatoms. The van der Waals surface area contributed by atoms with Crippen LogP contribution in [-0.4, -0.2) is 40.3 Å². The third kappa shape index (κ3) is 3.59. The summed E-state index contributed by atoms with van der Waals surface area (Å²) >= 11 is 0. The zero-order valence-electron chi connectivity index (χ0n) is 16.7. The molecule has 0 N–H and O–H groups in total. The van der Waals surface area contributed by atoms with E-state index in [1.54, 1.807) is 0 Å². The van der Waals surface area contributed by atoms with Gasteiger partial charge in [0, 0.05) is 13.2 Å². The summed E-state index contributed by atoms with van der Waals surface area (Å²) in [5.74, 6) is 1.07. The first-order valence-corrected chi connectivity index (χ1v) is 10.7. The number of aryl methyl sites for hydroxylation is 1. The largest absolute Gasteiger partial charge is 0.376 e. The van der Waals surface area contributed by atoms with Crippen molar-refractivity contribution in [3.63, 3.8) is 0 Å². The highest BCUT2D eigenvalue weighted by Gasteiger charge is 2.19. The molecule has 2 aliphatic heterocycles. The lowest BCUT2D eigenvalue weighted by atomic mass is 10.0. The summed E-state index contributed by atoms with van der Waals surface area (Å²) in [5, 5.41) is 0. The van der Waals surface area contributed by atoms with Crippen molar-refractivity contribution in [2.75, 3.05) is 19.7 Å². The van der Waals surface area contributed by atoms with E-state index >= 15 is 0 Å². The van der Waals surface area contributed by atoms with Crippen molar-refractivity contribution in [2.24, 2.45) is 0 Å². The van der Waals surface area contributed by atoms with Gasteiger partial charge in [0.15, 0.2) is 0 Å². The molecule has 0 unspecified atom stereocenters. The van der Waals surface area contributed by atoms with E-state index in [4.69, 9.17) is 9.72 Å². The SMILES string of the molecule is Cc1nc2ccc(-c3ccc(CN4CCCC4)cc3)cc2n1C[C@H]1CCCO1. The fourth-order valence-corrected chi connectivity index (χ4v) is 4.65. The van der Waals surface area contributed by atoms with Crippen LogP contribution in [0.4, 0.5) is 0 Å². The Morgan fingerprint density at radius 2 is 1.79 bits per heavy atom. The molecule has 1 aromatic heterocycles. The first-order chi connectivity index (χ1) is 13.8. The van der Waals surface area contributed by atoms with Crippen molar-refractivity contribution in [3.8, 4) is 11.1 Å². The summed E-state index contributed by atoms with van der Waals surface area (Å²) in [5.41, 5.74) is 6.23. The van der Waals surface area contributed by atoms with Crippen molar-refractivity contribution in [2.45, 2.75) is 51.8 Å². The lowest BCUT2D eigenvalue weighted by Gasteiger charge is -2.15. The lowest BCUT2D eigenvalue weighted by molar-refractivity contribution is 0.0974. The van der Waals surface area contributed by atoms with Gasteiger partial charge in [0.1, 0.15) is 5.82 Å². The maximum atomic E-state index is 5.86. The van der Waals surface area contributed by atoms with Crippen molar-refractivity contribution in [3.05, 3.63) is 53.9 Å². The molecule has 3 aromatic rings. The van der Waals surface area contributed by atoms with E-state index in [2.05, 4.69) is 58.9 Å². The second-order valence-electron chi connectivity index (χ2n) is 8.29. The van der Waals surface area contributed by atoms with Crippen LogP contribution in [0.5, 0.6) is 0 Å². The summed E-state index contributed by atoms with van der Waals surface area (Å²) in [7, 11) is 0. The molecule has 0 amide bonds. The van der Waals surface area contributed by atoms with E-state index in [1.807, 2.05) is 0 Å². The molecule has 0 saturated carbocycles. The number of hydrogen-bond donors (Lipinski definition) is 0. The Labute approximate surface area is 167 Å². The Kier molecular flexibility index (Phi) is 4.91. The Morgan fingerprint density at radius 3 is 2.54 bits per heavy atom. The topological polar surface area (TPSA) is 30.3 Å². The lowest BCUT2D eigenvalue weighted by Crippen LogP contribution is -2.18. The van der Waals surface area contributed by atoms with Gasteiger partial charge in [-0.1, -0.05) is 30.3 Å². The van der Waals surface area contributed by atoms with Gasteiger partial charge in [0.05, 0.1) is 23.7 Å². The van der Waals surface area contributed by atoms with E-state index in [0.717, 1.165) is 37.5 Å². The van der Waals surface area contributed by atoms with Crippen LogP contribution in [0.3, 0.4) is 0 Å². The van der Waals surface area contributed by atoms with Gasteiger partial charge < -0.3 is 9.30 Å². The highest BCUT2D eigenvalue weighted by atomic mass is 16.5. The van der Waals surface area contributed by atoms with Crippen molar-refractivity contribution >= 4 is 11.0 Å². The van der Waals surface area contributed by atoms with Gasteiger partial charge >= 0.3 is 0 Å². The van der Waals surface area contributed by atoms with Gasteiger partial charge in [-0.15, -0.1) is 0 Å². The molecule has 2 aromatic carbocycles. The molecule has 0 aliphatic carbocycles. The van der Waals surface area contributed by atoms with E-state index in [1.165, 1.54) is 54.6 Å². The van der Waals surface area contributed by atoms with Crippen molar-refractivity contribution in [1.29, 1.82) is 0 Å². The average Bonchev–Trinajstić information content (AvgIpc) is 3.46. The van der Waals surface area contributed by atoms with Crippen LogP contribution in [0, 0.1) is 6.92 Å². The highest BCUT2D eigenvalue weighted by molar-refractivity contribution is 5.82. The first-order valence-electron chi connectivity index (χ1n) is 10.7. The Bertz CT molecular complexity index is 948. The molecule has 2 aliphatic rings. The van der Waals surface area contributed by atoms with Crippen LogP contribution in [-0.2, 0) is 17.8 Å². The van der Waals surface area contributed by atoms with Gasteiger partial charge in [0.2, 0.25) is 0 Å². The molecule has 0 bridgehead atoms. The Hall–Kier alpha value is -2.17. The number of hydrogen-bond acceptors (Lipinski definition) is 3. The van der Waals surface area contributed by atoms with Crippen LogP contribution in [0.1, 0.15) is 37.1 Å². The molecule has 146 valence electrons. The molecule has 2 fully saturated rings. The fourth-order valence-electron chi connectivity index (χ4n) is 4.65. The summed E-state index contributed by atoms with van der Waals surface area (Å²) in [6, 6.07) is 15.7. The summed E-state index contributed by atoms with van der Waals surface area (Å²) in [6.45, 7) is 7.46. The average molecular weight is 376 g/mol. The van der Waals surface area contributed by atoms with Gasteiger partial charge in [-0.05, 0) is 74.5 Å². The maximum absolute atomic E-state index is 5.86. The first kappa shape index (κ1) is 17.9. The zero-order valence-corrected chi connectivity index (χ0v) is 16.7. The third-order valence-electron chi connectivity index (χ3n) is 6.24. The predicted molar refractivity (Wildman–Crippen MR) is 113 cm³/mol. The standard InChI is InChI=1S/C24H29N3O/c1-18-25-23-11-10-21(15-24(23)27(18)17-22-5-4-14-28-22)20-8-6-19(7-9-20)16-26-12-2-3-13-26/h6-11,15,22H,2-5,12-14,16-17H2,1H3/t22-/m1/s1. The number of likely N-dealkylation sites (tertiary alicyclic amines) is 1. The minimum atomic E-state index is 0.324. The monoisotopic (exact) mass is 375 g/mol. The molecule has 28 heavy (non-hydrogen) atoms. The van der Waals surface area contributed by atoms with Gasteiger partial charge in [0.25, 0.3) is 0 Å². The molecule has 3 heterocycles. The van der Waals surface area contributed by atoms with Crippen molar-refractivity contribution in [1.82, 2.24) is 14.5 Å². The van der Waals surface area contributed by atoms with E-state index < -0.39 is 0 Å². The number of imidazole rings is 1. The van der Waals surface area contributed by atoms with Gasteiger partial charge in [-0.2, -0.15) is 0 Å². The molecular weight excluding hydrogens is 346 g/mol. The molecule has 1 atom stereocenters. The van der Waals surface area contributed by atoms with E-state index in [9.17, 15) is 0 Å². The number of ether oxygens (including phenoxy) is 1. The Morgan fingerprint density at radius 1 is 1.00 bits per heavy atom. The van der Waals surface area contributed by atoms with Gasteiger partial charge in [-0.3, -0.25) is 4.90 Å². The molecule has 0 radical (unpaired) electrons. The second-order valence-corrected chi connectivity index (χ2v) is 8.29. The summed E-state index contributed by atoms with van der Waals surface area (Å²) in [6.07, 6.45) is 5.33. The van der Waals surface area contributed by atoms with Crippen LogP contribution in [0.25, 0.3) is 22.2 Å². The smallest absolute Gasteiger partial charge is 0.106 e. The summed E-state index contributed by atoms with van der Waals surface area (Å²) in [4.78, 5) is 7.31.